The molecule has 0 spiro atoms. The number of nitrogen functional groups attached to an aromatic ring is 1. The molecule has 0 bridgehead atoms. The standard InChI is InChI=1S/C18H21N3O5S/c1-25-16-7-6-13(18(22)20-15-5-3-2-4-14(15)19)12-17(16)27(23,24)21-8-10-26-11-9-21/h2-7,12H,8-11,19H2,1H3,(H,20,22). The lowest BCUT2D eigenvalue weighted by atomic mass is 10.2. The van der Waals surface area contributed by atoms with Gasteiger partial charge in [0.1, 0.15) is 10.6 Å². The maximum atomic E-state index is 13.0. The van der Waals surface area contributed by atoms with Crippen LogP contribution in [0.15, 0.2) is 47.4 Å². The largest absolute Gasteiger partial charge is 0.495 e. The highest BCUT2D eigenvalue weighted by atomic mass is 32.2. The molecule has 0 aromatic heterocycles. The number of rotatable bonds is 5. The number of amides is 1. The van der Waals surface area contributed by atoms with Crippen molar-refractivity contribution < 1.29 is 22.7 Å². The number of para-hydroxylation sites is 2. The van der Waals surface area contributed by atoms with Crippen LogP contribution in [-0.2, 0) is 14.8 Å². The van der Waals surface area contributed by atoms with Gasteiger partial charge in [-0.2, -0.15) is 4.31 Å². The molecule has 2 aromatic carbocycles. The summed E-state index contributed by atoms with van der Waals surface area (Å²) in [6.07, 6.45) is 0. The number of nitrogens with zero attached hydrogens (tertiary/aromatic N) is 1. The summed E-state index contributed by atoms with van der Waals surface area (Å²) >= 11 is 0. The fourth-order valence-corrected chi connectivity index (χ4v) is 4.34. The van der Waals surface area contributed by atoms with Crippen LogP contribution >= 0.6 is 0 Å². The Labute approximate surface area is 157 Å². The van der Waals surface area contributed by atoms with E-state index in [9.17, 15) is 13.2 Å². The van der Waals surface area contributed by atoms with Crippen LogP contribution in [0.1, 0.15) is 10.4 Å². The zero-order valence-corrected chi connectivity index (χ0v) is 15.7. The van der Waals surface area contributed by atoms with Crippen LogP contribution in [0.2, 0.25) is 0 Å². The Balaban J connectivity index is 1.93. The number of nitrogens with two attached hydrogens (primary N) is 1. The van der Waals surface area contributed by atoms with E-state index in [0.717, 1.165) is 0 Å². The molecule has 0 atom stereocenters. The van der Waals surface area contributed by atoms with Crippen molar-refractivity contribution in [1.82, 2.24) is 4.31 Å². The Hall–Kier alpha value is -2.62. The predicted molar refractivity (Wildman–Crippen MR) is 101 cm³/mol. The van der Waals surface area contributed by atoms with Gasteiger partial charge in [-0.25, -0.2) is 8.42 Å². The van der Waals surface area contributed by atoms with Crippen LogP contribution in [0.25, 0.3) is 0 Å². The fourth-order valence-electron chi connectivity index (χ4n) is 2.75. The molecule has 1 heterocycles. The van der Waals surface area contributed by atoms with Gasteiger partial charge in [0.2, 0.25) is 10.0 Å². The van der Waals surface area contributed by atoms with Gasteiger partial charge in [0.15, 0.2) is 0 Å². The second kappa shape index (κ2) is 7.95. The lowest BCUT2D eigenvalue weighted by molar-refractivity contribution is 0.0729. The van der Waals surface area contributed by atoms with Gasteiger partial charge >= 0.3 is 0 Å². The minimum atomic E-state index is -3.82. The van der Waals surface area contributed by atoms with Gasteiger partial charge in [0, 0.05) is 18.7 Å². The maximum absolute atomic E-state index is 13.0. The summed E-state index contributed by atoms with van der Waals surface area (Å²) in [6, 6.07) is 11.1. The minimum Gasteiger partial charge on any atom is -0.495 e. The quantitative estimate of drug-likeness (QED) is 0.748. The molecule has 1 aliphatic rings. The van der Waals surface area contributed by atoms with E-state index >= 15 is 0 Å². The molecule has 1 fully saturated rings. The van der Waals surface area contributed by atoms with E-state index in [1.807, 2.05) is 0 Å². The molecule has 0 aliphatic carbocycles. The number of ether oxygens (including phenoxy) is 2. The number of carbonyl (C=O) groups is 1. The molecule has 8 nitrogen and oxygen atoms in total. The van der Waals surface area contributed by atoms with Gasteiger partial charge in [-0.3, -0.25) is 4.79 Å². The van der Waals surface area contributed by atoms with Crippen molar-refractivity contribution in [2.24, 2.45) is 0 Å². The Morgan fingerprint density at radius 1 is 1.19 bits per heavy atom. The van der Waals surface area contributed by atoms with Crippen molar-refractivity contribution in [2.45, 2.75) is 4.90 Å². The average molecular weight is 391 g/mol. The number of sulfonamides is 1. The lowest BCUT2D eigenvalue weighted by Gasteiger charge is -2.26. The van der Waals surface area contributed by atoms with Gasteiger partial charge in [0.05, 0.1) is 31.7 Å². The van der Waals surface area contributed by atoms with Crippen LogP contribution in [0.4, 0.5) is 11.4 Å². The molecule has 3 N–H and O–H groups in total. The van der Waals surface area contributed by atoms with E-state index in [-0.39, 0.29) is 29.3 Å². The minimum absolute atomic E-state index is 0.0550. The molecule has 1 aliphatic heterocycles. The van der Waals surface area contributed by atoms with E-state index < -0.39 is 15.9 Å². The summed E-state index contributed by atoms with van der Waals surface area (Å²) in [7, 11) is -2.43. The molecule has 9 heteroatoms. The first kappa shape index (κ1) is 19.2. The third kappa shape index (κ3) is 4.05. The SMILES string of the molecule is COc1ccc(C(=O)Nc2ccccc2N)cc1S(=O)(=O)N1CCOCC1. The molecule has 27 heavy (non-hydrogen) atoms. The lowest BCUT2D eigenvalue weighted by Crippen LogP contribution is -2.40. The number of hydrogen-bond acceptors (Lipinski definition) is 6. The number of methoxy groups -OCH3 is 1. The Kier molecular flexibility index (Phi) is 5.64. The molecule has 2 aromatic rings. The molecular formula is C18H21N3O5S. The van der Waals surface area contributed by atoms with E-state index in [4.69, 9.17) is 15.2 Å². The zero-order valence-electron chi connectivity index (χ0n) is 14.8. The van der Waals surface area contributed by atoms with E-state index in [0.29, 0.717) is 24.6 Å². The smallest absolute Gasteiger partial charge is 0.255 e. The average Bonchev–Trinajstić information content (AvgIpc) is 2.69. The molecule has 144 valence electrons. The Morgan fingerprint density at radius 3 is 2.56 bits per heavy atom. The number of hydrogen-bond donors (Lipinski definition) is 2. The van der Waals surface area contributed by atoms with Crippen molar-refractivity contribution in [3.8, 4) is 5.75 Å². The highest BCUT2D eigenvalue weighted by molar-refractivity contribution is 7.89. The highest BCUT2D eigenvalue weighted by Crippen LogP contribution is 2.29. The summed E-state index contributed by atoms with van der Waals surface area (Å²) in [5.41, 5.74) is 6.90. The number of carbonyl (C=O) groups excluding carboxylic acids is 1. The second-order valence-corrected chi connectivity index (χ2v) is 7.83. The summed E-state index contributed by atoms with van der Waals surface area (Å²) in [4.78, 5) is 12.5. The van der Waals surface area contributed by atoms with Gasteiger partial charge < -0.3 is 20.5 Å². The zero-order chi connectivity index (χ0) is 19.4. The molecule has 1 amide bonds. The summed E-state index contributed by atoms with van der Waals surface area (Å²) in [5, 5.41) is 2.69. The number of anilines is 2. The van der Waals surface area contributed by atoms with Crippen LogP contribution in [0, 0.1) is 0 Å². The van der Waals surface area contributed by atoms with Crippen molar-refractivity contribution in [1.29, 1.82) is 0 Å². The van der Waals surface area contributed by atoms with Gasteiger partial charge in [-0.15, -0.1) is 0 Å². The third-order valence-corrected chi connectivity index (χ3v) is 6.14. The van der Waals surface area contributed by atoms with Gasteiger partial charge in [-0.1, -0.05) is 12.1 Å². The number of benzene rings is 2. The summed E-state index contributed by atoms with van der Waals surface area (Å²) in [5.74, 6) is -0.286. The maximum Gasteiger partial charge on any atom is 0.255 e. The van der Waals surface area contributed by atoms with E-state index in [2.05, 4.69) is 5.32 Å². The fraction of sp³-hybridized carbons (Fsp3) is 0.278. The van der Waals surface area contributed by atoms with Gasteiger partial charge in [-0.05, 0) is 30.3 Å². The van der Waals surface area contributed by atoms with Crippen molar-refractivity contribution in [3.63, 3.8) is 0 Å². The monoisotopic (exact) mass is 391 g/mol. The third-order valence-electron chi connectivity index (χ3n) is 4.22. The Bertz CT molecular complexity index is 940. The van der Waals surface area contributed by atoms with Crippen LogP contribution in [0.3, 0.4) is 0 Å². The molecule has 3 rings (SSSR count). The summed E-state index contributed by atoms with van der Waals surface area (Å²) < 4.78 is 37.7. The van der Waals surface area contributed by atoms with Crippen molar-refractivity contribution in [3.05, 3.63) is 48.0 Å². The first-order valence-corrected chi connectivity index (χ1v) is 9.79. The predicted octanol–water partition coefficient (Wildman–Crippen LogP) is 1.55. The number of morpholine rings is 1. The normalized spacial score (nSPS) is 15.3. The highest BCUT2D eigenvalue weighted by Gasteiger charge is 2.30. The Morgan fingerprint density at radius 2 is 1.89 bits per heavy atom. The molecule has 1 saturated heterocycles. The van der Waals surface area contributed by atoms with E-state index in [1.165, 1.54) is 29.6 Å². The second-order valence-electron chi connectivity index (χ2n) is 5.92. The van der Waals surface area contributed by atoms with Crippen molar-refractivity contribution in [2.75, 3.05) is 44.5 Å². The molecular weight excluding hydrogens is 370 g/mol. The van der Waals surface area contributed by atoms with Crippen LogP contribution < -0.4 is 15.8 Å². The van der Waals surface area contributed by atoms with Crippen LogP contribution in [0.5, 0.6) is 5.75 Å². The molecule has 0 saturated carbocycles. The van der Waals surface area contributed by atoms with E-state index in [1.54, 1.807) is 24.3 Å². The molecule has 0 radical (unpaired) electrons. The topological polar surface area (TPSA) is 111 Å². The first-order valence-electron chi connectivity index (χ1n) is 8.35. The van der Waals surface area contributed by atoms with Crippen LogP contribution in [-0.4, -0.2) is 52.0 Å². The molecule has 0 unspecified atom stereocenters. The first-order chi connectivity index (χ1) is 12.9. The summed E-state index contributed by atoms with van der Waals surface area (Å²) in [6.45, 7) is 1.16. The number of nitrogens with one attached hydrogen (secondary N) is 1. The van der Waals surface area contributed by atoms with Gasteiger partial charge in [0.25, 0.3) is 5.91 Å². The van der Waals surface area contributed by atoms with Crippen molar-refractivity contribution >= 4 is 27.3 Å².